The summed E-state index contributed by atoms with van der Waals surface area (Å²) in [7, 11) is -3.11. The van der Waals surface area contributed by atoms with Gasteiger partial charge in [0, 0.05) is 24.9 Å². The second-order valence-electron chi connectivity index (χ2n) is 6.75. The van der Waals surface area contributed by atoms with Crippen molar-refractivity contribution >= 4 is 15.7 Å². The van der Waals surface area contributed by atoms with Crippen molar-refractivity contribution in [1.82, 2.24) is 4.90 Å². The van der Waals surface area contributed by atoms with E-state index in [-0.39, 0.29) is 11.7 Å². The van der Waals surface area contributed by atoms with Crippen LogP contribution in [0.4, 0.5) is 0 Å². The molecule has 1 fully saturated rings. The predicted molar refractivity (Wildman–Crippen MR) is 99.3 cm³/mol. The molecule has 2 aromatic rings. The molecule has 1 saturated heterocycles. The third-order valence-corrected chi connectivity index (χ3v) is 5.51. The lowest BCUT2D eigenvalue weighted by atomic mass is 9.89. The van der Waals surface area contributed by atoms with E-state index in [9.17, 15) is 13.2 Å². The Morgan fingerprint density at radius 1 is 1.04 bits per heavy atom. The standard InChI is InChI=1S/C20H23NO3S/c1-25(23,24)15-16-6-5-9-19(14-16)20(22)21-12-10-18(11-13-21)17-7-3-2-4-8-17/h2-9,14,18H,10-13,15H2,1H3. The van der Waals surface area contributed by atoms with Crippen LogP contribution in [0.1, 0.15) is 40.2 Å². The SMILES string of the molecule is CS(=O)(=O)Cc1cccc(C(=O)N2CCC(c3ccccc3)CC2)c1. The molecule has 0 unspecified atom stereocenters. The molecule has 25 heavy (non-hydrogen) atoms. The summed E-state index contributed by atoms with van der Waals surface area (Å²) < 4.78 is 22.9. The van der Waals surface area contributed by atoms with Crippen LogP contribution >= 0.6 is 0 Å². The summed E-state index contributed by atoms with van der Waals surface area (Å²) in [6, 6.07) is 17.4. The van der Waals surface area contributed by atoms with E-state index >= 15 is 0 Å². The number of piperidine rings is 1. The minimum Gasteiger partial charge on any atom is -0.339 e. The van der Waals surface area contributed by atoms with Gasteiger partial charge in [0.2, 0.25) is 0 Å². The van der Waals surface area contributed by atoms with E-state index in [1.54, 1.807) is 24.3 Å². The van der Waals surface area contributed by atoms with Crippen LogP contribution in [0.25, 0.3) is 0 Å². The largest absolute Gasteiger partial charge is 0.339 e. The van der Waals surface area contributed by atoms with Crippen LogP contribution in [0, 0.1) is 0 Å². The van der Waals surface area contributed by atoms with Crippen LogP contribution in [0.15, 0.2) is 54.6 Å². The topological polar surface area (TPSA) is 54.5 Å². The molecule has 0 saturated carbocycles. The number of carbonyl (C=O) groups excluding carboxylic acids is 1. The Bertz CT molecular complexity index is 838. The first-order valence-electron chi connectivity index (χ1n) is 8.53. The van der Waals surface area contributed by atoms with Gasteiger partial charge in [-0.3, -0.25) is 4.79 Å². The maximum absolute atomic E-state index is 12.7. The number of hydrogen-bond donors (Lipinski definition) is 0. The summed E-state index contributed by atoms with van der Waals surface area (Å²) in [4.78, 5) is 14.6. The van der Waals surface area contributed by atoms with Crippen LogP contribution in [0.2, 0.25) is 0 Å². The number of sulfone groups is 1. The number of carbonyl (C=O) groups is 1. The van der Waals surface area contributed by atoms with Crippen LogP contribution < -0.4 is 0 Å². The Hall–Kier alpha value is -2.14. The van der Waals surface area contributed by atoms with Gasteiger partial charge in [-0.15, -0.1) is 0 Å². The van der Waals surface area contributed by atoms with Gasteiger partial charge in [0.25, 0.3) is 5.91 Å². The molecule has 0 atom stereocenters. The Balaban J connectivity index is 1.66. The van der Waals surface area contributed by atoms with E-state index in [2.05, 4.69) is 24.3 Å². The molecule has 132 valence electrons. The van der Waals surface area contributed by atoms with E-state index in [1.165, 1.54) is 11.8 Å². The highest BCUT2D eigenvalue weighted by atomic mass is 32.2. The molecular weight excluding hydrogens is 334 g/mol. The highest BCUT2D eigenvalue weighted by Gasteiger charge is 2.24. The molecule has 0 bridgehead atoms. The minimum atomic E-state index is -3.11. The molecule has 1 aliphatic heterocycles. The fourth-order valence-corrected chi connectivity index (χ4v) is 4.21. The average Bonchev–Trinajstić information content (AvgIpc) is 2.61. The number of nitrogens with zero attached hydrogens (tertiary/aromatic N) is 1. The van der Waals surface area contributed by atoms with Crippen molar-refractivity contribution in [2.45, 2.75) is 24.5 Å². The van der Waals surface area contributed by atoms with Crippen LogP contribution in [-0.2, 0) is 15.6 Å². The molecule has 0 N–H and O–H groups in total. The van der Waals surface area contributed by atoms with Gasteiger partial charge in [0.1, 0.15) is 0 Å². The van der Waals surface area contributed by atoms with Crippen molar-refractivity contribution in [1.29, 1.82) is 0 Å². The van der Waals surface area contributed by atoms with Crippen molar-refractivity contribution in [2.24, 2.45) is 0 Å². The summed E-state index contributed by atoms with van der Waals surface area (Å²) >= 11 is 0. The molecule has 1 aliphatic rings. The molecule has 2 aromatic carbocycles. The van der Waals surface area contributed by atoms with Crippen molar-refractivity contribution < 1.29 is 13.2 Å². The van der Waals surface area contributed by atoms with Crippen molar-refractivity contribution in [2.75, 3.05) is 19.3 Å². The van der Waals surface area contributed by atoms with Crippen molar-refractivity contribution in [3.63, 3.8) is 0 Å². The zero-order chi connectivity index (χ0) is 17.9. The summed E-state index contributed by atoms with van der Waals surface area (Å²) in [6.45, 7) is 1.46. The molecule has 5 heteroatoms. The molecular formula is C20H23NO3S. The summed E-state index contributed by atoms with van der Waals surface area (Å²) in [5, 5.41) is 0. The fourth-order valence-electron chi connectivity index (χ4n) is 3.42. The molecule has 3 rings (SSSR count). The third-order valence-electron chi connectivity index (χ3n) is 4.66. The second-order valence-corrected chi connectivity index (χ2v) is 8.89. The van der Waals surface area contributed by atoms with Gasteiger partial charge >= 0.3 is 0 Å². The van der Waals surface area contributed by atoms with Gasteiger partial charge in [0.15, 0.2) is 9.84 Å². The van der Waals surface area contributed by atoms with E-state index in [0.29, 0.717) is 17.0 Å². The first-order chi connectivity index (χ1) is 11.9. The zero-order valence-electron chi connectivity index (χ0n) is 14.4. The zero-order valence-corrected chi connectivity index (χ0v) is 15.2. The lowest BCUT2D eigenvalue weighted by Crippen LogP contribution is -2.37. The fraction of sp³-hybridized carbons (Fsp3) is 0.350. The first-order valence-corrected chi connectivity index (χ1v) is 10.6. The van der Waals surface area contributed by atoms with Crippen LogP contribution in [-0.4, -0.2) is 38.6 Å². The molecule has 0 aliphatic carbocycles. The van der Waals surface area contributed by atoms with Gasteiger partial charge in [-0.2, -0.15) is 0 Å². The highest BCUT2D eigenvalue weighted by molar-refractivity contribution is 7.89. The molecule has 4 nitrogen and oxygen atoms in total. The number of likely N-dealkylation sites (tertiary alicyclic amines) is 1. The Morgan fingerprint density at radius 3 is 2.36 bits per heavy atom. The van der Waals surface area contributed by atoms with Gasteiger partial charge in [0.05, 0.1) is 5.75 Å². The van der Waals surface area contributed by atoms with Crippen LogP contribution in [0.5, 0.6) is 0 Å². The highest BCUT2D eigenvalue weighted by Crippen LogP contribution is 2.28. The van der Waals surface area contributed by atoms with Gasteiger partial charge < -0.3 is 4.90 Å². The first kappa shape index (κ1) is 17.7. The Kier molecular flexibility index (Phi) is 5.23. The quantitative estimate of drug-likeness (QED) is 0.844. The number of rotatable bonds is 4. The van der Waals surface area contributed by atoms with E-state index in [4.69, 9.17) is 0 Å². The van der Waals surface area contributed by atoms with E-state index < -0.39 is 9.84 Å². The number of amides is 1. The molecule has 1 amide bonds. The minimum absolute atomic E-state index is 0.0122. The molecule has 1 heterocycles. The van der Waals surface area contributed by atoms with Gasteiger partial charge in [-0.05, 0) is 42.0 Å². The molecule has 0 spiro atoms. The maximum Gasteiger partial charge on any atom is 0.253 e. The van der Waals surface area contributed by atoms with E-state index in [1.807, 2.05) is 11.0 Å². The van der Waals surface area contributed by atoms with Gasteiger partial charge in [-0.1, -0.05) is 42.5 Å². The summed E-state index contributed by atoms with van der Waals surface area (Å²) in [6.07, 6.45) is 3.12. The number of hydrogen-bond acceptors (Lipinski definition) is 3. The lowest BCUT2D eigenvalue weighted by Gasteiger charge is -2.32. The maximum atomic E-state index is 12.7. The van der Waals surface area contributed by atoms with Crippen molar-refractivity contribution in [3.8, 4) is 0 Å². The average molecular weight is 357 g/mol. The van der Waals surface area contributed by atoms with E-state index in [0.717, 1.165) is 25.9 Å². The third kappa shape index (κ3) is 4.69. The normalized spacial score (nSPS) is 16.0. The van der Waals surface area contributed by atoms with Crippen LogP contribution in [0.3, 0.4) is 0 Å². The lowest BCUT2D eigenvalue weighted by molar-refractivity contribution is 0.0713. The predicted octanol–water partition coefficient (Wildman–Crippen LogP) is 3.25. The Labute approximate surface area is 149 Å². The molecule has 0 radical (unpaired) electrons. The number of benzene rings is 2. The monoisotopic (exact) mass is 357 g/mol. The summed E-state index contributed by atoms with van der Waals surface area (Å²) in [5.41, 5.74) is 2.57. The summed E-state index contributed by atoms with van der Waals surface area (Å²) in [5.74, 6) is 0.452. The van der Waals surface area contributed by atoms with Crippen molar-refractivity contribution in [3.05, 3.63) is 71.3 Å². The smallest absolute Gasteiger partial charge is 0.253 e. The second kappa shape index (κ2) is 7.40. The van der Waals surface area contributed by atoms with Gasteiger partial charge in [-0.25, -0.2) is 8.42 Å². The Morgan fingerprint density at radius 2 is 1.72 bits per heavy atom. The molecule has 0 aromatic heterocycles.